The van der Waals surface area contributed by atoms with Crippen LogP contribution in [0.4, 0.5) is 0 Å². The van der Waals surface area contributed by atoms with Crippen molar-refractivity contribution in [1.29, 1.82) is 0 Å². The molecule has 0 radical (unpaired) electrons. The van der Waals surface area contributed by atoms with Crippen molar-refractivity contribution in [3.63, 3.8) is 0 Å². The molecule has 1 aliphatic carbocycles. The fourth-order valence-electron chi connectivity index (χ4n) is 3.12. The number of hydrogen-bond acceptors (Lipinski definition) is 2. The van der Waals surface area contributed by atoms with Gasteiger partial charge in [0.2, 0.25) is 0 Å². The number of hydrogen-bond donors (Lipinski definition) is 1. The minimum Gasteiger partial charge on any atom is -0.349 e. The number of benzene rings is 2. The molecule has 1 amide bonds. The zero-order valence-corrected chi connectivity index (χ0v) is 16.1. The van der Waals surface area contributed by atoms with Crippen molar-refractivity contribution in [3.05, 3.63) is 64.7 Å². The van der Waals surface area contributed by atoms with Gasteiger partial charge >= 0.3 is 0 Å². The Balaban J connectivity index is 1.51. The minimum absolute atomic E-state index is 0.0523. The van der Waals surface area contributed by atoms with Gasteiger partial charge in [0.25, 0.3) is 5.91 Å². The Kier molecular flexibility index (Phi) is 6.44. The van der Waals surface area contributed by atoms with Crippen LogP contribution in [-0.2, 0) is 5.75 Å². The SMILES string of the molecule is CC1CCC(NC(=O)c2ccc(CSc3ccc(Cl)cc3)cc2)CC1. The predicted molar refractivity (Wildman–Crippen MR) is 106 cm³/mol. The third-order valence-electron chi connectivity index (χ3n) is 4.79. The zero-order chi connectivity index (χ0) is 17.6. The quantitative estimate of drug-likeness (QED) is 0.657. The van der Waals surface area contributed by atoms with Gasteiger partial charge < -0.3 is 5.32 Å². The molecule has 132 valence electrons. The third-order valence-corrected chi connectivity index (χ3v) is 6.12. The lowest BCUT2D eigenvalue weighted by Gasteiger charge is -2.26. The molecule has 0 unspecified atom stereocenters. The lowest BCUT2D eigenvalue weighted by atomic mass is 9.87. The fraction of sp³-hybridized carbons (Fsp3) is 0.381. The first-order valence-corrected chi connectivity index (χ1v) is 10.2. The van der Waals surface area contributed by atoms with E-state index < -0.39 is 0 Å². The molecule has 0 atom stereocenters. The number of nitrogens with one attached hydrogen (secondary N) is 1. The number of rotatable bonds is 5. The van der Waals surface area contributed by atoms with Gasteiger partial charge in [-0.05, 0) is 73.6 Å². The summed E-state index contributed by atoms with van der Waals surface area (Å²) in [5, 5.41) is 3.94. The summed E-state index contributed by atoms with van der Waals surface area (Å²) < 4.78 is 0. The smallest absolute Gasteiger partial charge is 0.251 e. The van der Waals surface area contributed by atoms with E-state index in [1.807, 2.05) is 48.5 Å². The van der Waals surface area contributed by atoms with E-state index in [2.05, 4.69) is 12.2 Å². The molecule has 0 saturated heterocycles. The van der Waals surface area contributed by atoms with E-state index in [-0.39, 0.29) is 5.91 Å². The monoisotopic (exact) mass is 373 g/mol. The van der Waals surface area contributed by atoms with E-state index in [0.717, 1.165) is 35.1 Å². The summed E-state index contributed by atoms with van der Waals surface area (Å²) in [4.78, 5) is 13.6. The molecule has 25 heavy (non-hydrogen) atoms. The van der Waals surface area contributed by atoms with Gasteiger partial charge in [-0.25, -0.2) is 0 Å². The zero-order valence-electron chi connectivity index (χ0n) is 14.5. The summed E-state index contributed by atoms with van der Waals surface area (Å²) in [5.74, 6) is 1.73. The highest BCUT2D eigenvalue weighted by atomic mass is 35.5. The first kappa shape index (κ1) is 18.3. The average Bonchev–Trinajstić information content (AvgIpc) is 2.63. The van der Waals surface area contributed by atoms with E-state index in [0.29, 0.717) is 6.04 Å². The molecular weight excluding hydrogens is 350 g/mol. The largest absolute Gasteiger partial charge is 0.349 e. The van der Waals surface area contributed by atoms with Gasteiger partial charge in [0, 0.05) is 27.3 Å². The molecule has 0 heterocycles. The Morgan fingerprint density at radius 3 is 2.32 bits per heavy atom. The molecular formula is C21H24ClNOS. The van der Waals surface area contributed by atoms with Crippen LogP contribution in [-0.4, -0.2) is 11.9 Å². The lowest BCUT2D eigenvalue weighted by Crippen LogP contribution is -2.37. The maximum atomic E-state index is 12.4. The van der Waals surface area contributed by atoms with Crippen LogP contribution in [0.2, 0.25) is 5.02 Å². The van der Waals surface area contributed by atoms with Crippen molar-refractivity contribution in [3.8, 4) is 0 Å². The van der Waals surface area contributed by atoms with Gasteiger partial charge in [-0.1, -0.05) is 30.7 Å². The van der Waals surface area contributed by atoms with Crippen molar-refractivity contribution in [2.45, 2.75) is 49.3 Å². The number of thioether (sulfide) groups is 1. The second-order valence-electron chi connectivity index (χ2n) is 6.87. The highest BCUT2D eigenvalue weighted by Crippen LogP contribution is 2.25. The first-order valence-electron chi connectivity index (χ1n) is 8.88. The summed E-state index contributed by atoms with van der Waals surface area (Å²) in [5.41, 5.74) is 1.96. The van der Waals surface area contributed by atoms with Crippen LogP contribution in [0, 0.1) is 5.92 Å². The summed E-state index contributed by atoms with van der Waals surface area (Å²) >= 11 is 7.67. The molecule has 2 aromatic carbocycles. The summed E-state index contributed by atoms with van der Waals surface area (Å²) in [6.45, 7) is 2.29. The standard InChI is InChI=1S/C21H24ClNOS/c1-15-2-10-19(11-3-15)23-21(24)17-6-4-16(5-7-17)14-25-20-12-8-18(22)9-13-20/h4-9,12-13,15,19H,2-3,10-11,14H2,1H3,(H,23,24). The van der Waals surface area contributed by atoms with Crippen molar-refractivity contribution < 1.29 is 4.79 Å². The van der Waals surface area contributed by atoms with Crippen LogP contribution in [0.25, 0.3) is 0 Å². The minimum atomic E-state index is 0.0523. The third kappa shape index (κ3) is 5.52. The summed E-state index contributed by atoms with van der Waals surface area (Å²) in [6.07, 6.45) is 4.63. The van der Waals surface area contributed by atoms with E-state index in [4.69, 9.17) is 11.6 Å². The summed E-state index contributed by atoms with van der Waals surface area (Å²) in [7, 11) is 0. The lowest BCUT2D eigenvalue weighted by molar-refractivity contribution is 0.0923. The predicted octanol–water partition coefficient (Wildman–Crippen LogP) is 5.94. The molecule has 1 aliphatic rings. The van der Waals surface area contributed by atoms with Crippen molar-refractivity contribution in [2.75, 3.05) is 0 Å². The van der Waals surface area contributed by atoms with E-state index in [1.165, 1.54) is 23.3 Å². The normalized spacial score (nSPS) is 20.2. The molecule has 0 aliphatic heterocycles. The highest BCUT2D eigenvalue weighted by Gasteiger charge is 2.20. The number of carbonyl (C=O) groups excluding carboxylic acids is 1. The number of carbonyl (C=O) groups is 1. The maximum absolute atomic E-state index is 12.4. The van der Waals surface area contributed by atoms with E-state index >= 15 is 0 Å². The average molecular weight is 374 g/mol. The molecule has 3 rings (SSSR count). The van der Waals surface area contributed by atoms with Gasteiger partial charge in [0.05, 0.1) is 0 Å². The molecule has 2 nitrogen and oxygen atoms in total. The van der Waals surface area contributed by atoms with Gasteiger partial charge in [-0.3, -0.25) is 4.79 Å². The van der Waals surface area contributed by atoms with Crippen LogP contribution in [0.1, 0.15) is 48.5 Å². The second-order valence-corrected chi connectivity index (χ2v) is 8.35. The Labute approximate surface area is 159 Å². The Bertz CT molecular complexity index is 691. The Hall–Kier alpha value is -1.45. The maximum Gasteiger partial charge on any atom is 0.251 e. The second kappa shape index (κ2) is 8.77. The highest BCUT2D eigenvalue weighted by molar-refractivity contribution is 7.98. The molecule has 0 aromatic heterocycles. The van der Waals surface area contributed by atoms with Crippen LogP contribution >= 0.6 is 23.4 Å². The molecule has 0 bridgehead atoms. The van der Waals surface area contributed by atoms with Crippen molar-refractivity contribution in [1.82, 2.24) is 5.32 Å². The van der Waals surface area contributed by atoms with Gasteiger partial charge in [0.1, 0.15) is 0 Å². The van der Waals surface area contributed by atoms with Crippen LogP contribution < -0.4 is 5.32 Å². The number of amides is 1. The van der Waals surface area contributed by atoms with Crippen molar-refractivity contribution in [2.24, 2.45) is 5.92 Å². The molecule has 1 N–H and O–H groups in total. The molecule has 1 saturated carbocycles. The first-order chi connectivity index (χ1) is 12.1. The topological polar surface area (TPSA) is 29.1 Å². The van der Waals surface area contributed by atoms with Crippen LogP contribution in [0.5, 0.6) is 0 Å². The van der Waals surface area contributed by atoms with E-state index in [9.17, 15) is 4.79 Å². The van der Waals surface area contributed by atoms with Crippen LogP contribution in [0.15, 0.2) is 53.4 Å². The number of halogens is 1. The molecule has 4 heteroatoms. The fourth-order valence-corrected chi connectivity index (χ4v) is 4.10. The molecule has 1 fully saturated rings. The molecule has 0 spiro atoms. The van der Waals surface area contributed by atoms with E-state index in [1.54, 1.807) is 11.8 Å². The summed E-state index contributed by atoms with van der Waals surface area (Å²) in [6, 6.07) is 16.1. The van der Waals surface area contributed by atoms with Crippen LogP contribution in [0.3, 0.4) is 0 Å². The van der Waals surface area contributed by atoms with Gasteiger partial charge in [-0.2, -0.15) is 0 Å². The van der Waals surface area contributed by atoms with Crippen molar-refractivity contribution >= 4 is 29.3 Å². The van der Waals surface area contributed by atoms with Gasteiger partial charge in [-0.15, -0.1) is 11.8 Å². The Morgan fingerprint density at radius 2 is 1.68 bits per heavy atom. The van der Waals surface area contributed by atoms with Gasteiger partial charge in [0.15, 0.2) is 0 Å². The Morgan fingerprint density at radius 1 is 1.04 bits per heavy atom. The molecule has 2 aromatic rings.